The van der Waals surface area contributed by atoms with Gasteiger partial charge in [0.1, 0.15) is 5.15 Å². The number of carbonyl (C=O) groups is 1. The fraction of sp³-hybridized carbons (Fsp3) is 0.227. The van der Waals surface area contributed by atoms with E-state index in [1.807, 2.05) is 43.3 Å². The van der Waals surface area contributed by atoms with E-state index in [1.165, 1.54) is 6.08 Å². The van der Waals surface area contributed by atoms with Gasteiger partial charge in [-0.15, -0.1) is 0 Å². The number of nitrogens with zero attached hydrogens (tertiary/aromatic N) is 5. The molecule has 1 atom stereocenters. The smallest absolute Gasteiger partial charge is 0.180 e. The molecular formula is C22H20ClN5O. The van der Waals surface area contributed by atoms with Crippen LogP contribution in [0.5, 0.6) is 0 Å². The zero-order chi connectivity index (χ0) is 21.0. The summed E-state index contributed by atoms with van der Waals surface area (Å²) in [6, 6.07) is 13.6. The first kappa shape index (κ1) is 20.4. The largest absolute Gasteiger partial charge is 0.293 e. The molecule has 0 saturated heterocycles. The van der Waals surface area contributed by atoms with Gasteiger partial charge in [0.25, 0.3) is 0 Å². The van der Waals surface area contributed by atoms with E-state index in [2.05, 4.69) is 15.1 Å². The van der Waals surface area contributed by atoms with Crippen LogP contribution in [0.4, 0.5) is 0 Å². The predicted octanol–water partition coefficient (Wildman–Crippen LogP) is 4.19. The van der Waals surface area contributed by atoms with Crippen molar-refractivity contribution in [2.75, 3.05) is 0 Å². The van der Waals surface area contributed by atoms with Gasteiger partial charge in [0.15, 0.2) is 17.5 Å². The molecule has 0 aliphatic heterocycles. The minimum atomic E-state index is -1.07. The third-order valence-corrected chi connectivity index (χ3v) is 4.77. The van der Waals surface area contributed by atoms with Crippen LogP contribution in [-0.4, -0.2) is 25.5 Å². The van der Waals surface area contributed by atoms with Crippen LogP contribution in [0.2, 0.25) is 5.15 Å². The minimum absolute atomic E-state index is 0.210. The number of ketones is 1. The Balaban J connectivity index is 1.83. The van der Waals surface area contributed by atoms with Gasteiger partial charge < -0.3 is 0 Å². The maximum atomic E-state index is 12.6. The van der Waals surface area contributed by atoms with Crippen molar-refractivity contribution in [1.29, 1.82) is 5.26 Å². The molecule has 0 amide bonds. The van der Waals surface area contributed by atoms with Crippen molar-refractivity contribution in [1.82, 2.24) is 19.7 Å². The Kier molecular flexibility index (Phi) is 6.20. The van der Waals surface area contributed by atoms with Crippen LogP contribution in [0.1, 0.15) is 40.0 Å². The first-order valence-corrected chi connectivity index (χ1v) is 9.47. The van der Waals surface area contributed by atoms with Crippen LogP contribution in [0, 0.1) is 32.1 Å². The molecule has 0 aliphatic rings. The van der Waals surface area contributed by atoms with E-state index in [0.29, 0.717) is 34.3 Å². The highest BCUT2D eigenvalue weighted by molar-refractivity contribution is 6.31. The quantitative estimate of drug-likeness (QED) is 0.574. The van der Waals surface area contributed by atoms with Gasteiger partial charge >= 0.3 is 0 Å². The van der Waals surface area contributed by atoms with Crippen LogP contribution in [0.25, 0.3) is 6.08 Å². The highest BCUT2D eigenvalue weighted by Crippen LogP contribution is 2.23. The Morgan fingerprint density at radius 1 is 1.21 bits per heavy atom. The number of hydrogen-bond donors (Lipinski definition) is 0. The molecule has 3 aromatic rings. The SMILES string of the molecule is Cc1cc(C)nc(C(C#N)C(=O)/C=C/c2c(C)nn(Cc3ccccc3)c2Cl)n1. The Bertz CT molecular complexity index is 1090. The molecule has 2 heterocycles. The van der Waals surface area contributed by atoms with Gasteiger partial charge in [-0.1, -0.05) is 41.9 Å². The number of benzene rings is 1. The maximum Gasteiger partial charge on any atom is 0.180 e. The first-order chi connectivity index (χ1) is 13.9. The van der Waals surface area contributed by atoms with E-state index >= 15 is 0 Å². The number of aryl methyl sites for hydroxylation is 3. The number of rotatable bonds is 6. The molecule has 6 nitrogen and oxygen atoms in total. The molecule has 146 valence electrons. The molecule has 1 unspecified atom stereocenters. The molecule has 3 rings (SSSR count). The van der Waals surface area contributed by atoms with Gasteiger partial charge in [-0.05, 0) is 44.6 Å². The molecule has 0 spiro atoms. The van der Waals surface area contributed by atoms with Crippen molar-refractivity contribution < 1.29 is 4.79 Å². The summed E-state index contributed by atoms with van der Waals surface area (Å²) in [4.78, 5) is 21.1. The summed E-state index contributed by atoms with van der Waals surface area (Å²) in [5.74, 6) is -1.26. The monoisotopic (exact) mass is 405 g/mol. The Morgan fingerprint density at radius 3 is 2.48 bits per heavy atom. The Morgan fingerprint density at radius 2 is 1.86 bits per heavy atom. The number of hydrogen-bond acceptors (Lipinski definition) is 5. The lowest BCUT2D eigenvalue weighted by Gasteiger charge is -2.06. The zero-order valence-electron chi connectivity index (χ0n) is 16.4. The average molecular weight is 406 g/mol. The van der Waals surface area contributed by atoms with E-state index < -0.39 is 11.7 Å². The van der Waals surface area contributed by atoms with E-state index in [9.17, 15) is 10.1 Å². The predicted molar refractivity (Wildman–Crippen MR) is 111 cm³/mol. The molecule has 2 aromatic heterocycles. The van der Waals surface area contributed by atoms with Gasteiger partial charge in [0.2, 0.25) is 0 Å². The van der Waals surface area contributed by atoms with Gasteiger partial charge in [-0.25, -0.2) is 14.6 Å². The minimum Gasteiger partial charge on any atom is -0.293 e. The first-order valence-electron chi connectivity index (χ1n) is 9.09. The van der Waals surface area contributed by atoms with E-state index in [-0.39, 0.29) is 5.82 Å². The van der Waals surface area contributed by atoms with Crippen LogP contribution < -0.4 is 0 Å². The molecule has 0 fully saturated rings. The summed E-state index contributed by atoms with van der Waals surface area (Å²) in [5.41, 5.74) is 3.84. The molecular weight excluding hydrogens is 386 g/mol. The lowest BCUT2D eigenvalue weighted by Crippen LogP contribution is -2.13. The maximum absolute atomic E-state index is 12.6. The topological polar surface area (TPSA) is 84.5 Å². The fourth-order valence-corrected chi connectivity index (χ4v) is 3.31. The zero-order valence-corrected chi connectivity index (χ0v) is 17.2. The molecule has 0 N–H and O–H groups in total. The second kappa shape index (κ2) is 8.80. The summed E-state index contributed by atoms with van der Waals surface area (Å²) in [5, 5.41) is 14.4. The van der Waals surface area contributed by atoms with E-state index in [4.69, 9.17) is 11.6 Å². The summed E-state index contributed by atoms with van der Waals surface area (Å²) >= 11 is 6.48. The lowest BCUT2D eigenvalue weighted by atomic mass is 10.0. The molecule has 0 bridgehead atoms. The third kappa shape index (κ3) is 4.76. The summed E-state index contributed by atoms with van der Waals surface area (Å²) < 4.78 is 1.69. The van der Waals surface area contributed by atoms with Gasteiger partial charge in [-0.3, -0.25) is 4.79 Å². The molecule has 7 heteroatoms. The molecule has 0 aliphatic carbocycles. The van der Waals surface area contributed by atoms with Crippen molar-refractivity contribution in [2.45, 2.75) is 33.2 Å². The van der Waals surface area contributed by atoms with Crippen molar-refractivity contribution >= 4 is 23.5 Å². The van der Waals surface area contributed by atoms with Crippen LogP contribution in [-0.2, 0) is 11.3 Å². The van der Waals surface area contributed by atoms with Crippen molar-refractivity contribution in [3.8, 4) is 6.07 Å². The molecule has 0 saturated carbocycles. The number of aromatic nitrogens is 4. The third-order valence-electron chi connectivity index (χ3n) is 4.37. The Hall–Kier alpha value is -3.30. The van der Waals surface area contributed by atoms with Crippen molar-refractivity contribution in [2.24, 2.45) is 0 Å². The summed E-state index contributed by atoms with van der Waals surface area (Å²) in [6.07, 6.45) is 2.94. The van der Waals surface area contributed by atoms with Gasteiger partial charge in [0.05, 0.1) is 18.3 Å². The van der Waals surface area contributed by atoms with Gasteiger partial charge in [0, 0.05) is 17.0 Å². The Labute approximate surface area is 174 Å². The summed E-state index contributed by atoms with van der Waals surface area (Å²) in [7, 11) is 0. The van der Waals surface area contributed by atoms with Gasteiger partial charge in [-0.2, -0.15) is 10.4 Å². The average Bonchev–Trinajstić information content (AvgIpc) is 2.93. The molecule has 0 radical (unpaired) electrons. The number of nitriles is 1. The van der Waals surface area contributed by atoms with E-state index in [1.54, 1.807) is 30.7 Å². The lowest BCUT2D eigenvalue weighted by molar-refractivity contribution is -0.114. The van der Waals surface area contributed by atoms with Crippen LogP contribution in [0.3, 0.4) is 0 Å². The fourth-order valence-electron chi connectivity index (χ4n) is 3.01. The van der Waals surface area contributed by atoms with Crippen LogP contribution in [0.15, 0.2) is 42.5 Å². The second-order valence-electron chi connectivity index (χ2n) is 6.74. The molecule has 29 heavy (non-hydrogen) atoms. The van der Waals surface area contributed by atoms with E-state index in [0.717, 1.165) is 5.56 Å². The highest BCUT2D eigenvalue weighted by Gasteiger charge is 2.22. The van der Waals surface area contributed by atoms with Crippen LogP contribution >= 0.6 is 11.6 Å². The highest BCUT2D eigenvalue weighted by atomic mass is 35.5. The normalized spacial score (nSPS) is 12.1. The molecule has 1 aromatic carbocycles. The van der Waals surface area contributed by atoms with Crippen molar-refractivity contribution in [3.05, 3.63) is 81.7 Å². The number of carbonyl (C=O) groups excluding carboxylic acids is 1. The van der Waals surface area contributed by atoms with Crippen molar-refractivity contribution in [3.63, 3.8) is 0 Å². The number of allylic oxidation sites excluding steroid dienone is 1. The standard InChI is InChI=1S/C22H20ClN5O/c1-14-11-15(2)26-22(25-14)19(12-24)20(29)10-9-18-16(3)27-28(21(18)23)13-17-7-5-4-6-8-17/h4-11,19H,13H2,1-3H3/b10-9+. The summed E-state index contributed by atoms with van der Waals surface area (Å²) in [6.45, 7) is 5.96. The number of halogens is 1. The second-order valence-corrected chi connectivity index (χ2v) is 7.10.